The average molecular weight is 436 g/mol. The van der Waals surface area contributed by atoms with Crippen LogP contribution in [0.1, 0.15) is 50.5 Å². The lowest BCUT2D eigenvalue weighted by Crippen LogP contribution is -2.59. The van der Waals surface area contributed by atoms with Crippen molar-refractivity contribution < 1.29 is 17.9 Å². The fourth-order valence-corrected chi connectivity index (χ4v) is 6.53. The average Bonchev–Trinajstić information content (AvgIpc) is 3.19. The summed E-state index contributed by atoms with van der Waals surface area (Å²) in [6, 6.07) is 5.21. The highest BCUT2D eigenvalue weighted by atomic mass is 32.2. The number of morpholine rings is 1. The number of nitrogens with one attached hydrogen (secondary N) is 1. The second-order valence-corrected chi connectivity index (χ2v) is 10.5. The van der Waals surface area contributed by atoms with Crippen molar-refractivity contribution in [1.82, 2.24) is 9.62 Å². The molecule has 3 fully saturated rings. The smallest absolute Gasteiger partial charge is 0.240 e. The molecule has 0 unspecified atom stereocenters. The summed E-state index contributed by atoms with van der Waals surface area (Å²) in [7, 11) is -3.63. The van der Waals surface area contributed by atoms with E-state index in [9.17, 15) is 13.2 Å². The maximum atomic E-state index is 13.2. The number of anilines is 1. The number of carbonyl (C=O) groups excluding carboxylic acids is 1. The molecule has 1 amide bonds. The van der Waals surface area contributed by atoms with Gasteiger partial charge in [0.15, 0.2) is 0 Å². The number of carbonyl (C=O) groups is 1. The molecule has 0 aromatic heterocycles. The highest BCUT2D eigenvalue weighted by Crippen LogP contribution is 2.34. The topological polar surface area (TPSA) is 79.0 Å². The van der Waals surface area contributed by atoms with Gasteiger partial charge in [0.05, 0.1) is 18.1 Å². The van der Waals surface area contributed by atoms with Crippen LogP contribution in [-0.2, 0) is 19.6 Å². The maximum absolute atomic E-state index is 13.2. The van der Waals surface area contributed by atoms with Crippen molar-refractivity contribution in [2.45, 2.75) is 62.3 Å². The van der Waals surface area contributed by atoms with Crippen LogP contribution in [0.3, 0.4) is 0 Å². The SMILES string of the molecule is Cc1cc(N2CCCC2=O)ccc1S(=O)(=O)NCC1(N2CCOCC2)CCCCC1. The first kappa shape index (κ1) is 21.7. The zero-order valence-corrected chi connectivity index (χ0v) is 18.7. The molecule has 1 aromatic carbocycles. The van der Waals surface area contributed by atoms with Gasteiger partial charge in [0.1, 0.15) is 0 Å². The minimum Gasteiger partial charge on any atom is -0.379 e. The quantitative estimate of drug-likeness (QED) is 0.743. The van der Waals surface area contributed by atoms with Gasteiger partial charge in [-0.15, -0.1) is 0 Å². The fourth-order valence-electron chi connectivity index (χ4n) is 5.18. The number of nitrogens with zero attached hydrogens (tertiary/aromatic N) is 2. The molecular formula is C22H33N3O4S. The van der Waals surface area contributed by atoms with Crippen LogP contribution in [0.5, 0.6) is 0 Å². The first-order valence-electron chi connectivity index (χ1n) is 11.1. The third-order valence-corrected chi connectivity index (χ3v) is 8.45. The van der Waals surface area contributed by atoms with Crippen molar-refractivity contribution >= 4 is 21.6 Å². The van der Waals surface area contributed by atoms with Crippen LogP contribution in [0.25, 0.3) is 0 Å². The van der Waals surface area contributed by atoms with E-state index in [1.807, 2.05) is 6.07 Å². The molecule has 166 valence electrons. The predicted octanol–water partition coefficient (Wildman–Crippen LogP) is 2.44. The summed E-state index contributed by atoms with van der Waals surface area (Å²) in [5, 5.41) is 0. The van der Waals surface area contributed by atoms with Crippen LogP contribution in [0.4, 0.5) is 5.69 Å². The van der Waals surface area contributed by atoms with Crippen LogP contribution < -0.4 is 9.62 Å². The van der Waals surface area contributed by atoms with Crippen molar-refractivity contribution in [3.05, 3.63) is 23.8 Å². The van der Waals surface area contributed by atoms with Crippen LogP contribution in [0.15, 0.2) is 23.1 Å². The molecule has 1 aromatic rings. The number of aryl methyl sites for hydroxylation is 1. The van der Waals surface area contributed by atoms with E-state index >= 15 is 0 Å². The van der Waals surface area contributed by atoms with E-state index in [1.54, 1.807) is 24.0 Å². The minimum atomic E-state index is -3.63. The van der Waals surface area contributed by atoms with Gasteiger partial charge in [-0.2, -0.15) is 0 Å². The van der Waals surface area contributed by atoms with Crippen molar-refractivity contribution in [2.24, 2.45) is 0 Å². The normalized spacial score (nSPS) is 23.1. The largest absolute Gasteiger partial charge is 0.379 e. The van der Waals surface area contributed by atoms with Gasteiger partial charge < -0.3 is 9.64 Å². The molecule has 30 heavy (non-hydrogen) atoms. The lowest BCUT2D eigenvalue weighted by atomic mass is 9.80. The van der Waals surface area contributed by atoms with E-state index in [1.165, 1.54) is 6.42 Å². The zero-order chi connectivity index (χ0) is 21.2. The molecule has 0 bridgehead atoms. The molecule has 4 rings (SSSR count). The Morgan fingerprint density at radius 3 is 2.43 bits per heavy atom. The lowest BCUT2D eigenvalue weighted by molar-refractivity contribution is -0.117. The number of benzene rings is 1. The van der Waals surface area contributed by atoms with Crippen LogP contribution >= 0.6 is 0 Å². The highest BCUT2D eigenvalue weighted by Gasteiger charge is 2.39. The Morgan fingerprint density at radius 2 is 1.80 bits per heavy atom. The summed E-state index contributed by atoms with van der Waals surface area (Å²) in [4.78, 5) is 16.5. The van der Waals surface area contributed by atoms with Crippen LogP contribution in [0, 0.1) is 6.92 Å². The Labute approximate surface area is 179 Å². The lowest BCUT2D eigenvalue weighted by Gasteiger charge is -2.48. The minimum absolute atomic E-state index is 0.105. The Balaban J connectivity index is 1.51. The molecule has 2 heterocycles. The zero-order valence-electron chi connectivity index (χ0n) is 17.9. The molecule has 1 saturated carbocycles. The number of rotatable bonds is 6. The van der Waals surface area contributed by atoms with Crippen molar-refractivity contribution in [3.8, 4) is 0 Å². The summed E-state index contributed by atoms with van der Waals surface area (Å²) in [5.74, 6) is 0.105. The molecule has 0 spiro atoms. The Morgan fingerprint density at radius 1 is 1.07 bits per heavy atom. The molecule has 0 radical (unpaired) electrons. The molecule has 2 saturated heterocycles. The van der Waals surface area contributed by atoms with Gasteiger partial charge in [-0.25, -0.2) is 13.1 Å². The van der Waals surface area contributed by atoms with Gasteiger partial charge in [0.2, 0.25) is 15.9 Å². The third kappa shape index (κ3) is 4.42. The summed E-state index contributed by atoms with van der Waals surface area (Å²) < 4.78 is 34.8. The van der Waals surface area contributed by atoms with Gasteiger partial charge in [-0.1, -0.05) is 19.3 Å². The second kappa shape index (κ2) is 8.94. The Kier molecular flexibility index (Phi) is 6.48. The number of sulfonamides is 1. The van der Waals surface area contributed by atoms with E-state index in [0.29, 0.717) is 43.2 Å². The molecule has 1 N–H and O–H groups in total. The van der Waals surface area contributed by atoms with Gasteiger partial charge in [0, 0.05) is 43.8 Å². The van der Waals surface area contributed by atoms with Crippen molar-refractivity contribution in [3.63, 3.8) is 0 Å². The summed E-state index contributed by atoms with van der Waals surface area (Å²) in [6.07, 6.45) is 6.93. The molecule has 7 nitrogen and oxygen atoms in total. The Bertz CT molecular complexity index is 874. The van der Waals surface area contributed by atoms with E-state index in [-0.39, 0.29) is 11.4 Å². The fraction of sp³-hybridized carbons (Fsp3) is 0.682. The number of ether oxygens (including phenoxy) is 1. The maximum Gasteiger partial charge on any atom is 0.240 e. The molecule has 8 heteroatoms. The highest BCUT2D eigenvalue weighted by molar-refractivity contribution is 7.89. The third-order valence-electron chi connectivity index (χ3n) is 6.89. The van der Waals surface area contributed by atoms with Crippen LogP contribution in [-0.4, -0.2) is 64.2 Å². The molecule has 0 atom stereocenters. The van der Waals surface area contributed by atoms with E-state index < -0.39 is 10.0 Å². The summed E-state index contributed by atoms with van der Waals surface area (Å²) in [6.45, 7) is 6.08. The van der Waals surface area contributed by atoms with Crippen LogP contribution in [0.2, 0.25) is 0 Å². The van der Waals surface area contributed by atoms with E-state index in [0.717, 1.165) is 50.9 Å². The number of hydrogen-bond acceptors (Lipinski definition) is 5. The number of hydrogen-bond donors (Lipinski definition) is 1. The monoisotopic (exact) mass is 435 g/mol. The standard InChI is InChI=1S/C22H33N3O4S/c1-18-16-19(25-11-5-6-21(25)26)7-8-20(18)30(27,28)23-17-22(9-3-2-4-10-22)24-12-14-29-15-13-24/h7-8,16,23H,2-6,9-15,17H2,1H3. The molecule has 3 aliphatic rings. The van der Waals surface area contributed by atoms with Crippen molar-refractivity contribution in [2.75, 3.05) is 44.3 Å². The first-order valence-corrected chi connectivity index (χ1v) is 12.6. The molecule has 2 aliphatic heterocycles. The predicted molar refractivity (Wildman–Crippen MR) is 116 cm³/mol. The van der Waals surface area contributed by atoms with Crippen molar-refractivity contribution in [1.29, 1.82) is 0 Å². The Hall–Kier alpha value is -1.48. The van der Waals surface area contributed by atoms with E-state index in [4.69, 9.17) is 4.74 Å². The van der Waals surface area contributed by atoms with E-state index in [2.05, 4.69) is 9.62 Å². The van der Waals surface area contributed by atoms with Gasteiger partial charge in [0.25, 0.3) is 0 Å². The molecule has 1 aliphatic carbocycles. The molecular weight excluding hydrogens is 402 g/mol. The van der Waals surface area contributed by atoms with Gasteiger partial charge in [-0.3, -0.25) is 9.69 Å². The van der Waals surface area contributed by atoms with Gasteiger partial charge >= 0.3 is 0 Å². The summed E-state index contributed by atoms with van der Waals surface area (Å²) >= 11 is 0. The number of amides is 1. The second-order valence-electron chi connectivity index (χ2n) is 8.81. The first-order chi connectivity index (χ1) is 14.4. The van der Waals surface area contributed by atoms with Gasteiger partial charge in [-0.05, 0) is 49.9 Å². The summed E-state index contributed by atoms with van der Waals surface area (Å²) in [5.41, 5.74) is 1.33.